The van der Waals surface area contributed by atoms with Crippen molar-refractivity contribution in [3.05, 3.63) is 64.6 Å². The number of ketones is 1. The highest BCUT2D eigenvalue weighted by molar-refractivity contribution is 7.57. The minimum absolute atomic E-state index is 0.0914. The topological polar surface area (TPSA) is 107 Å². The molecule has 1 N–H and O–H groups in total. The van der Waals surface area contributed by atoms with Gasteiger partial charge in [0.25, 0.3) is 0 Å². The lowest BCUT2D eigenvalue weighted by Gasteiger charge is -2.24. The number of carbonyl (C=O) groups excluding carboxylic acids is 3. The van der Waals surface area contributed by atoms with E-state index in [2.05, 4.69) is 5.32 Å². The van der Waals surface area contributed by atoms with Crippen molar-refractivity contribution >= 4 is 47.5 Å². The molecule has 3 aromatic rings. The van der Waals surface area contributed by atoms with E-state index in [-0.39, 0.29) is 54.3 Å². The molecule has 214 valence electrons. The maximum absolute atomic E-state index is 14.4. The molecule has 2 amide bonds. The fourth-order valence-electron chi connectivity index (χ4n) is 4.44. The van der Waals surface area contributed by atoms with Crippen molar-refractivity contribution in [1.82, 2.24) is 14.8 Å². The molecule has 0 spiro atoms. The zero-order chi connectivity index (χ0) is 29.2. The van der Waals surface area contributed by atoms with Crippen molar-refractivity contribution in [2.24, 2.45) is 0 Å². The first-order valence-electron chi connectivity index (χ1n) is 12.6. The van der Waals surface area contributed by atoms with E-state index in [4.69, 9.17) is 21.2 Å². The molecule has 2 aromatic carbocycles. The summed E-state index contributed by atoms with van der Waals surface area (Å²) >= 11 is 5.79. The van der Waals surface area contributed by atoms with Crippen LogP contribution < -0.4 is 10.2 Å². The number of hydrogen-bond acceptors (Lipinski definition) is 6. The molecule has 3 atom stereocenters. The highest BCUT2D eigenvalue weighted by atomic mass is 35.5. The lowest BCUT2D eigenvalue weighted by molar-refractivity contribution is -0.139. The number of amides is 2. The number of likely N-dealkylation sites (tertiary alicyclic amines) is 1. The maximum Gasteiger partial charge on any atom is 0.245 e. The molecule has 0 saturated carbocycles. The third-order valence-electron chi connectivity index (χ3n) is 6.76. The number of hydrogen-bond donors (Lipinski definition) is 1. The molecule has 40 heavy (non-hydrogen) atoms. The van der Waals surface area contributed by atoms with Crippen LogP contribution in [0, 0.1) is 5.82 Å². The summed E-state index contributed by atoms with van der Waals surface area (Å²) in [5.41, 5.74) is 0.965. The predicted octanol–water partition coefficient (Wildman–Crippen LogP) is 5.13. The van der Waals surface area contributed by atoms with Gasteiger partial charge >= 0.3 is 0 Å². The molecule has 1 saturated heterocycles. The summed E-state index contributed by atoms with van der Waals surface area (Å²) in [6, 6.07) is 8.00. The Balaban J connectivity index is 1.54. The number of Topliss-reactive ketones (excluding diaryl/α,β-unsaturated/α-hetero) is 1. The minimum atomic E-state index is -2.96. The van der Waals surface area contributed by atoms with Crippen LogP contribution >= 0.6 is 19.0 Å². The van der Waals surface area contributed by atoms with E-state index in [0.717, 1.165) is 4.90 Å². The van der Waals surface area contributed by atoms with E-state index in [0.29, 0.717) is 16.5 Å². The van der Waals surface area contributed by atoms with Gasteiger partial charge in [0.2, 0.25) is 19.2 Å². The highest BCUT2D eigenvalue weighted by Gasteiger charge is 2.39. The van der Waals surface area contributed by atoms with Crippen molar-refractivity contribution in [1.29, 1.82) is 0 Å². The summed E-state index contributed by atoms with van der Waals surface area (Å²) in [7, 11) is -2.96. The molecule has 0 bridgehead atoms. The summed E-state index contributed by atoms with van der Waals surface area (Å²) in [5, 5.41) is 3.02. The molecule has 1 aliphatic heterocycles. The van der Waals surface area contributed by atoms with Crippen LogP contribution in [0.4, 0.5) is 8.78 Å². The number of benzene rings is 2. The van der Waals surface area contributed by atoms with Crippen LogP contribution in [0.2, 0.25) is 5.02 Å². The summed E-state index contributed by atoms with van der Waals surface area (Å²) < 4.78 is 47.4. The Labute approximate surface area is 234 Å². The first-order chi connectivity index (χ1) is 18.9. The van der Waals surface area contributed by atoms with Crippen molar-refractivity contribution in [3.8, 4) is 5.75 Å². The summed E-state index contributed by atoms with van der Waals surface area (Å²) in [4.78, 5) is 44.9. The van der Waals surface area contributed by atoms with Crippen LogP contribution in [-0.4, -0.2) is 58.6 Å². The number of nitrogens with zero attached hydrogens (tertiary/aromatic N) is 2. The second kappa shape index (κ2) is 12.1. The van der Waals surface area contributed by atoms with E-state index in [1.807, 2.05) is 0 Å². The molecule has 13 heteroatoms. The fraction of sp³-hybridized carbons (Fsp3) is 0.370. The van der Waals surface area contributed by atoms with Crippen LogP contribution in [0.3, 0.4) is 0 Å². The Morgan fingerprint density at radius 1 is 1.23 bits per heavy atom. The minimum Gasteiger partial charge on any atom is -0.350 e. The molecule has 1 fully saturated rings. The van der Waals surface area contributed by atoms with Crippen LogP contribution in [0.1, 0.15) is 36.2 Å². The smallest absolute Gasteiger partial charge is 0.245 e. The maximum atomic E-state index is 14.4. The first kappa shape index (κ1) is 29.7. The van der Waals surface area contributed by atoms with E-state index in [1.165, 1.54) is 42.6 Å². The Bertz CT molecular complexity index is 1510. The van der Waals surface area contributed by atoms with Crippen molar-refractivity contribution in [3.63, 3.8) is 0 Å². The van der Waals surface area contributed by atoms with Crippen molar-refractivity contribution in [2.45, 2.75) is 45.6 Å². The Morgan fingerprint density at radius 2 is 1.98 bits per heavy atom. The first-order valence-corrected chi connectivity index (χ1v) is 15.2. The van der Waals surface area contributed by atoms with Gasteiger partial charge in [0.15, 0.2) is 11.5 Å². The number of halogens is 3. The summed E-state index contributed by atoms with van der Waals surface area (Å²) in [6.45, 7) is 3.76. The molecule has 4 rings (SSSR count). The van der Waals surface area contributed by atoms with E-state index in [9.17, 15) is 27.7 Å². The van der Waals surface area contributed by atoms with Gasteiger partial charge in [-0.15, -0.1) is 4.67 Å². The van der Waals surface area contributed by atoms with Gasteiger partial charge < -0.3 is 19.7 Å². The zero-order valence-electron chi connectivity index (χ0n) is 22.2. The van der Waals surface area contributed by atoms with Gasteiger partial charge in [0, 0.05) is 54.6 Å². The van der Waals surface area contributed by atoms with Gasteiger partial charge in [0.05, 0.1) is 17.1 Å². The predicted molar refractivity (Wildman–Crippen MR) is 146 cm³/mol. The molecule has 1 unspecified atom stereocenters. The second-order valence-corrected chi connectivity index (χ2v) is 12.9. The van der Waals surface area contributed by atoms with Crippen molar-refractivity contribution < 1.29 is 37.3 Å². The lowest BCUT2D eigenvalue weighted by atomic mass is 10.1. The van der Waals surface area contributed by atoms with Gasteiger partial charge in [-0.2, -0.15) is 0 Å². The van der Waals surface area contributed by atoms with Crippen LogP contribution in [0.25, 0.3) is 10.9 Å². The number of rotatable bonds is 10. The number of nitrogens with one attached hydrogen (secondary N) is 1. The Morgan fingerprint density at radius 3 is 2.67 bits per heavy atom. The van der Waals surface area contributed by atoms with Crippen LogP contribution in [-0.2, 0) is 31.9 Å². The third kappa shape index (κ3) is 6.54. The second-order valence-electron chi connectivity index (χ2n) is 9.72. The fourth-order valence-corrected chi connectivity index (χ4v) is 4.98. The molecule has 0 aliphatic carbocycles. The SMILES string of the molecule is CCP(C)(=O)OOc1ccc2c(C(C)=O)cn(CC(=O)N3C[C@H](F)C[C@H]3C(=O)NCc3cccc(Cl)c3F)c2c1. The summed E-state index contributed by atoms with van der Waals surface area (Å²) in [5.74, 6) is -1.87. The van der Waals surface area contributed by atoms with Crippen LogP contribution in [0.15, 0.2) is 42.6 Å². The van der Waals surface area contributed by atoms with Gasteiger partial charge in [-0.25, -0.2) is 8.78 Å². The molecular weight excluding hydrogens is 567 g/mol. The molecule has 9 nitrogen and oxygen atoms in total. The largest absolute Gasteiger partial charge is 0.350 e. The monoisotopic (exact) mass is 595 g/mol. The van der Waals surface area contributed by atoms with Crippen LogP contribution in [0.5, 0.6) is 5.75 Å². The van der Waals surface area contributed by atoms with E-state index in [1.54, 1.807) is 25.1 Å². The standard InChI is InChI=1S/C27H29ClF2N3O6P/c1-4-40(3,37)39-38-19-8-9-20-21(16(2)34)14-32(23(20)11-19)15-25(35)33-13-18(29)10-24(33)27(36)31-12-17-6-5-7-22(28)26(17)30/h5-9,11,14,18,24H,4,10,12-13,15H2,1-3H3,(H,31,36)/t18-,24+,40?/m1/s1. The van der Waals surface area contributed by atoms with E-state index < -0.39 is 37.2 Å². The number of alkyl halides is 1. The molecular formula is C27H29ClF2N3O6P. The molecule has 1 aromatic heterocycles. The Kier molecular flexibility index (Phi) is 8.97. The Hall–Kier alpha value is -3.27. The highest BCUT2D eigenvalue weighted by Crippen LogP contribution is 2.42. The average Bonchev–Trinajstić information content (AvgIpc) is 3.49. The number of fused-ring (bicyclic) bond motifs is 1. The third-order valence-corrected chi connectivity index (χ3v) is 8.59. The lowest BCUT2D eigenvalue weighted by Crippen LogP contribution is -2.46. The quantitative estimate of drug-likeness (QED) is 0.151. The van der Waals surface area contributed by atoms with Gasteiger partial charge in [-0.1, -0.05) is 30.7 Å². The van der Waals surface area contributed by atoms with E-state index >= 15 is 0 Å². The van der Waals surface area contributed by atoms with Gasteiger partial charge in [-0.05, 0) is 25.1 Å². The number of carbonyl (C=O) groups is 3. The van der Waals surface area contributed by atoms with Gasteiger partial charge in [-0.3, -0.25) is 18.9 Å². The summed E-state index contributed by atoms with van der Waals surface area (Å²) in [6.07, 6.45) is 0.150. The molecule has 0 radical (unpaired) electrons. The number of aromatic nitrogens is 1. The van der Waals surface area contributed by atoms with Gasteiger partial charge in [0.1, 0.15) is 24.6 Å². The molecule has 1 aliphatic rings. The van der Waals surface area contributed by atoms with Crippen molar-refractivity contribution in [2.75, 3.05) is 19.4 Å². The zero-order valence-corrected chi connectivity index (χ0v) is 23.8. The average molecular weight is 596 g/mol. The normalized spacial score (nSPS) is 18.5. The molecule has 2 heterocycles.